The summed E-state index contributed by atoms with van der Waals surface area (Å²) in [7, 11) is 0.103. The van der Waals surface area contributed by atoms with E-state index in [0.717, 1.165) is 28.8 Å². The van der Waals surface area contributed by atoms with Crippen LogP contribution in [0.4, 0.5) is 19.3 Å². The summed E-state index contributed by atoms with van der Waals surface area (Å²) in [6.45, 7) is 6.15. The van der Waals surface area contributed by atoms with Gasteiger partial charge in [0.2, 0.25) is 5.91 Å². The predicted molar refractivity (Wildman–Crippen MR) is 147 cm³/mol. The van der Waals surface area contributed by atoms with Gasteiger partial charge in [-0.05, 0) is 30.7 Å². The molecule has 0 aromatic heterocycles. The average Bonchev–Trinajstić information content (AvgIpc) is 3.58. The van der Waals surface area contributed by atoms with Crippen LogP contribution < -0.4 is 11.1 Å². The van der Waals surface area contributed by atoms with Gasteiger partial charge in [-0.3, -0.25) is 4.79 Å². The van der Waals surface area contributed by atoms with Gasteiger partial charge in [0, 0.05) is 56.3 Å². The molecule has 0 saturated heterocycles. The Labute approximate surface area is 226 Å². The van der Waals surface area contributed by atoms with Crippen LogP contribution in [0, 0.1) is 11.7 Å². The summed E-state index contributed by atoms with van der Waals surface area (Å²) in [6, 6.07) is 4.69. The van der Waals surface area contributed by atoms with Gasteiger partial charge < -0.3 is 25.6 Å². The first-order valence-electron chi connectivity index (χ1n) is 12.3. The largest absolute Gasteiger partial charge is 0.465 e. The van der Waals surface area contributed by atoms with E-state index in [1.165, 1.54) is 25.3 Å². The van der Waals surface area contributed by atoms with E-state index in [1.807, 2.05) is 0 Å². The summed E-state index contributed by atoms with van der Waals surface area (Å²) in [5, 5.41) is 12.7. The summed E-state index contributed by atoms with van der Waals surface area (Å²) in [6.07, 6.45) is 1.98. The number of anilines is 1. The number of ether oxygens (including phenoxy) is 2. The fourth-order valence-electron chi connectivity index (χ4n) is 4.32. The second kappa shape index (κ2) is 12.1. The minimum absolute atomic E-state index is 0.0248. The maximum absolute atomic E-state index is 15.1. The number of benzene rings is 1. The first-order valence-corrected chi connectivity index (χ1v) is 16.8. The van der Waals surface area contributed by atoms with Crippen molar-refractivity contribution in [3.63, 3.8) is 0 Å². The molecule has 1 heterocycles. The van der Waals surface area contributed by atoms with E-state index >= 15 is 8.78 Å². The monoisotopic (exact) mass is 570 g/mol. The molecule has 2 aliphatic rings. The van der Waals surface area contributed by atoms with E-state index in [9.17, 15) is 14.7 Å². The molecule has 210 valence electrons. The lowest BCUT2D eigenvalue weighted by atomic mass is 9.84. The number of amidine groups is 1. The molecule has 4 N–H and O–H groups in total. The zero-order valence-electron chi connectivity index (χ0n) is 22.1. The number of nitrogens with zero attached hydrogens (tertiary/aromatic N) is 2. The van der Waals surface area contributed by atoms with Gasteiger partial charge in [0.1, 0.15) is 24.8 Å². The Morgan fingerprint density at radius 3 is 2.74 bits per heavy atom. The highest BCUT2D eigenvalue weighted by atomic mass is 32.2. The highest BCUT2D eigenvalue weighted by Gasteiger charge is 2.68. The second-order valence-corrected chi connectivity index (χ2v) is 17.6. The van der Waals surface area contributed by atoms with Crippen LogP contribution in [0.5, 0.6) is 0 Å². The zero-order valence-corrected chi connectivity index (χ0v) is 23.9. The van der Waals surface area contributed by atoms with Crippen LogP contribution in [0.3, 0.4) is 0 Å². The Hall–Kier alpha value is -2.48. The van der Waals surface area contributed by atoms with Crippen molar-refractivity contribution < 1.29 is 33.0 Å². The molecule has 0 radical (unpaired) electrons. The summed E-state index contributed by atoms with van der Waals surface area (Å²) < 4.78 is 39.9. The van der Waals surface area contributed by atoms with E-state index in [1.54, 1.807) is 6.08 Å². The van der Waals surface area contributed by atoms with Gasteiger partial charge in [-0.15, -0.1) is 0 Å². The molecule has 1 aromatic carbocycles. The summed E-state index contributed by atoms with van der Waals surface area (Å²) in [5.74, 6) is -1.60. The highest BCUT2D eigenvalue weighted by Crippen LogP contribution is 2.67. The minimum Gasteiger partial charge on any atom is -0.465 e. The number of rotatable bonds is 12. The number of hydrogen-bond donors (Lipinski definition) is 3. The number of nitrogen functional groups attached to an aromatic ring is 1. The average molecular weight is 571 g/mol. The van der Waals surface area contributed by atoms with Crippen molar-refractivity contribution in [2.45, 2.75) is 42.4 Å². The van der Waals surface area contributed by atoms with Gasteiger partial charge in [0.15, 0.2) is 5.17 Å². The number of carboxylic acid groups (broad SMARTS) is 1. The first-order chi connectivity index (χ1) is 17.9. The molecule has 1 aliphatic carbocycles. The maximum Gasteiger partial charge on any atom is 0.415 e. The number of aliphatic imine (C=N–C) groups is 1. The van der Waals surface area contributed by atoms with Crippen LogP contribution in [0.15, 0.2) is 35.3 Å². The first kappa shape index (κ1) is 30.1. The lowest BCUT2D eigenvalue weighted by Gasteiger charge is -2.37. The molecule has 1 fully saturated rings. The maximum atomic E-state index is 15.1. The summed E-state index contributed by atoms with van der Waals surface area (Å²) in [4.78, 5) is 30.0. The molecule has 3 rings (SSSR count). The molecule has 38 heavy (non-hydrogen) atoms. The molecule has 2 amide bonds. The quantitative estimate of drug-likeness (QED) is 0.114. The number of hydrogen-bond acceptors (Lipinski definition) is 7. The minimum atomic E-state index is -1.72. The number of carbonyl (C=O) groups is 2. The number of nitrogens with two attached hydrogens (primary N) is 1. The number of carbonyl (C=O) groups excluding carboxylic acids is 1. The molecule has 0 bridgehead atoms. The fourth-order valence-corrected chi connectivity index (χ4v) is 6.59. The third-order valence-electron chi connectivity index (χ3n) is 6.57. The van der Waals surface area contributed by atoms with Crippen LogP contribution in [0.25, 0.3) is 0 Å². The number of amides is 2. The van der Waals surface area contributed by atoms with Gasteiger partial charge in [-0.1, -0.05) is 37.5 Å². The normalized spacial score (nSPS) is 24.6. The molecular formula is C25H36F2N4O5SSi. The van der Waals surface area contributed by atoms with Crippen molar-refractivity contribution in [3.8, 4) is 0 Å². The van der Waals surface area contributed by atoms with Crippen LogP contribution >= 0.6 is 11.8 Å². The Kier molecular flexibility index (Phi) is 9.60. The number of alkyl halides is 1. The Morgan fingerprint density at radius 2 is 2.11 bits per heavy atom. The van der Waals surface area contributed by atoms with Gasteiger partial charge in [0.05, 0.1) is 6.61 Å². The van der Waals surface area contributed by atoms with Crippen molar-refractivity contribution in [3.05, 3.63) is 41.7 Å². The number of fused-ring (bicyclic) bond motifs is 1. The van der Waals surface area contributed by atoms with Crippen molar-refractivity contribution in [1.29, 1.82) is 0 Å². The molecule has 1 aliphatic heterocycles. The molecule has 9 nitrogen and oxygen atoms in total. The van der Waals surface area contributed by atoms with Gasteiger partial charge in [-0.2, -0.15) is 0 Å². The molecule has 1 saturated carbocycles. The molecule has 13 heteroatoms. The van der Waals surface area contributed by atoms with E-state index in [2.05, 4.69) is 30.0 Å². The third kappa shape index (κ3) is 6.93. The Bertz CT molecular complexity index is 1100. The van der Waals surface area contributed by atoms with Crippen LogP contribution in [0.2, 0.25) is 25.7 Å². The zero-order chi connectivity index (χ0) is 28.1. The Balaban J connectivity index is 1.98. The van der Waals surface area contributed by atoms with Gasteiger partial charge in [0.25, 0.3) is 0 Å². The SMILES string of the molecule is COCCNC(=O)C=C[C@]12C[C@H]1[C@@](CF)(c1cc(N)ccc1F)N=C(N(COCC[Si](C)(C)C)C(=O)O)S2. The van der Waals surface area contributed by atoms with Crippen molar-refractivity contribution >= 4 is 42.7 Å². The van der Waals surface area contributed by atoms with Crippen LogP contribution in [-0.2, 0) is 19.8 Å². The Morgan fingerprint density at radius 1 is 1.37 bits per heavy atom. The molecule has 3 atom stereocenters. The third-order valence-corrected chi connectivity index (χ3v) is 9.73. The van der Waals surface area contributed by atoms with E-state index in [4.69, 9.17) is 15.2 Å². The molecule has 0 spiro atoms. The standard InChI is InChI=1S/C25H36F2N4O5SSi/c1-35-10-9-29-21(32)7-8-24-14-20(24)25(15-26,18-13-17(28)5-6-19(18)27)30-22(37-24)31(23(33)34)16-36-11-12-38(2,3)4/h5-8,13,20H,9-12,14-16,28H2,1-4H3,(H,29,32)(H,33,34)/t20-,24+,25-/m1/s1. The topological polar surface area (TPSA) is 126 Å². The smallest absolute Gasteiger partial charge is 0.415 e. The molecule has 1 aromatic rings. The summed E-state index contributed by atoms with van der Waals surface area (Å²) >= 11 is 1.11. The van der Waals surface area contributed by atoms with E-state index < -0.39 is 42.9 Å². The lowest BCUT2D eigenvalue weighted by molar-refractivity contribution is -0.116. The predicted octanol–water partition coefficient (Wildman–Crippen LogP) is 4.05. The van der Waals surface area contributed by atoms with Gasteiger partial charge >= 0.3 is 6.09 Å². The van der Waals surface area contributed by atoms with Crippen molar-refractivity contribution in [2.75, 3.05) is 46.0 Å². The van der Waals surface area contributed by atoms with Crippen LogP contribution in [-0.4, -0.2) is 80.3 Å². The number of methoxy groups -OCH3 is 1. The van der Waals surface area contributed by atoms with Gasteiger partial charge in [-0.25, -0.2) is 23.5 Å². The molecule has 0 unspecified atom stereocenters. The number of nitrogens with one attached hydrogen (secondary N) is 1. The highest BCUT2D eigenvalue weighted by molar-refractivity contribution is 8.15. The fraction of sp³-hybridized carbons (Fsp3) is 0.560. The molecular weight excluding hydrogens is 534 g/mol. The van der Waals surface area contributed by atoms with E-state index in [-0.39, 0.29) is 29.1 Å². The number of halogens is 2. The summed E-state index contributed by atoms with van der Waals surface area (Å²) in [5.41, 5.74) is 4.38. The van der Waals surface area contributed by atoms with E-state index in [0.29, 0.717) is 26.2 Å². The van der Waals surface area contributed by atoms with Crippen LogP contribution in [0.1, 0.15) is 12.0 Å². The van der Waals surface area contributed by atoms with Crippen molar-refractivity contribution in [1.82, 2.24) is 10.2 Å². The second-order valence-electron chi connectivity index (χ2n) is 10.7. The van der Waals surface area contributed by atoms with Crippen molar-refractivity contribution in [2.24, 2.45) is 10.9 Å². The lowest BCUT2D eigenvalue weighted by Crippen LogP contribution is -2.45. The number of thioether (sulfide) groups is 1.